The van der Waals surface area contributed by atoms with E-state index in [0.29, 0.717) is 0 Å². The Bertz CT molecular complexity index is 1220. The average molecular weight is 370 g/mol. The van der Waals surface area contributed by atoms with Gasteiger partial charge in [0, 0.05) is 0 Å². The van der Waals surface area contributed by atoms with E-state index in [2.05, 4.69) is 122 Å². The molecule has 5 rings (SSSR count). The SMILES string of the molecule is Cc1ccc(-c2cc(-c3ccccc3)cc(-c3ccccc3)c2)c2ccccc12. The van der Waals surface area contributed by atoms with Crippen molar-refractivity contribution in [3.05, 3.63) is 121 Å². The lowest BCUT2D eigenvalue weighted by Crippen LogP contribution is -1.88. The molecule has 0 radical (unpaired) electrons. The monoisotopic (exact) mass is 370 g/mol. The summed E-state index contributed by atoms with van der Waals surface area (Å²) >= 11 is 0. The summed E-state index contributed by atoms with van der Waals surface area (Å²) in [5, 5.41) is 2.62. The summed E-state index contributed by atoms with van der Waals surface area (Å²) in [7, 11) is 0. The van der Waals surface area contributed by atoms with E-state index >= 15 is 0 Å². The highest BCUT2D eigenvalue weighted by Crippen LogP contribution is 2.36. The molecule has 0 heteroatoms. The van der Waals surface area contributed by atoms with Gasteiger partial charge in [-0.05, 0) is 74.8 Å². The number of benzene rings is 5. The fourth-order valence-corrected chi connectivity index (χ4v) is 4.08. The number of rotatable bonds is 3. The van der Waals surface area contributed by atoms with Crippen molar-refractivity contribution in [2.75, 3.05) is 0 Å². The molecular weight excluding hydrogens is 348 g/mol. The molecule has 0 aliphatic rings. The smallest absolute Gasteiger partial charge is 0.0103 e. The van der Waals surface area contributed by atoms with Crippen LogP contribution in [-0.2, 0) is 0 Å². The highest BCUT2D eigenvalue weighted by molar-refractivity contribution is 5.99. The van der Waals surface area contributed by atoms with Gasteiger partial charge in [0.25, 0.3) is 0 Å². The van der Waals surface area contributed by atoms with E-state index < -0.39 is 0 Å². The Morgan fingerprint density at radius 2 is 0.862 bits per heavy atom. The van der Waals surface area contributed by atoms with Crippen LogP contribution in [0.4, 0.5) is 0 Å². The van der Waals surface area contributed by atoms with Crippen LogP contribution >= 0.6 is 0 Å². The maximum Gasteiger partial charge on any atom is -0.0103 e. The van der Waals surface area contributed by atoms with Gasteiger partial charge >= 0.3 is 0 Å². The first-order valence-electron chi connectivity index (χ1n) is 10.0. The van der Waals surface area contributed by atoms with Crippen LogP contribution in [0.2, 0.25) is 0 Å². The normalized spacial score (nSPS) is 10.9. The van der Waals surface area contributed by atoms with Crippen LogP contribution in [0, 0.1) is 6.92 Å². The standard InChI is InChI=1S/C29H22/c1-21-16-17-28(29-15-9-8-14-27(21)29)26-19-24(22-10-4-2-5-11-22)18-25(20-26)23-12-6-3-7-13-23/h2-20H,1H3. The molecule has 0 aliphatic carbocycles. The minimum atomic E-state index is 1.24. The third kappa shape index (κ3) is 3.34. The molecule has 0 bridgehead atoms. The second kappa shape index (κ2) is 7.41. The first-order chi connectivity index (χ1) is 14.3. The Morgan fingerprint density at radius 1 is 0.379 bits per heavy atom. The van der Waals surface area contributed by atoms with Gasteiger partial charge in [-0.15, -0.1) is 0 Å². The zero-order valence-electron chi connectivity index (χ0n) is 16.5. The number of hydrogen-bond acceptors (Lipinski definition) is 0. The molecule has 0 saturated carbocycles. The molecule has 5 aromatic carbocycles. The summed E-state index contributed by atoms with van der Waals surface area (Å²) in [5.41, 5.74) is 8.80. The van der Waals surface area contributed by atoms with Crippen LogP contribution in [0.1, 0.15) is 5.56 Å². The largest absolute Gasteiger partial charge is 0.0622 e. The maximum atomic E-state index is 2.32. The summed E-state index contributed by atoms with van der Waals surface area (Å²) in [5.74, 6) is 0. The van der Waals surface area contributed by atoms with Gasteiger partial charge in [-0.25, -0.2) is 0 Å². The zero-order chi connectivity index (χ0) is 19.6. The van der Waals surface area contributed by atoms with Gasteiger partial charge < -0.3 is 0 Å². The molecule has 0 unspecified atom stereocenters. The van der Waals surface area contributed by atoms with Crippen molar-refractivity contribution in [2.24, 2.45) is 0 Å². The van der Waals surface area contributed by atoms with Gasteiger partial charge in [-0.1, -0.05) is 97.1 Å². The first kappa shape index (κ1) is 17.5. The molecule has 0 aliphatic heterocycles. The third-order valence-electron chi connectivity index (χ3n) is 5.60. The number of fused-ring (bicyclic) bond motifs is 1. The number of hydrogen-bond donors (Lipinski definition) is 0. The van der Waals surface area contributed by atoms with Crippen LogP contribution < -0.4 is 0 Å². The van der Waals surface area contributed by atoms with E-state index in [1.165, 1.54) is 49.7 Å². The maximum absolute atomic E-state index is 2.32. The van der Waals surface area contributed by atoms with Gasteiger partial charge in [0.2, 0.25) is 0 Å². The topological polar surface area (TPSA) is 0 Å². The van der Waals surface area contributed by atoms with Crippen LogP contribution in [0.3, 0.4) is 0 Å². The fraction of sp³-hybridized carbons (Fsp3) is 0.0345. The average Bonchev–Trinajstić information content (AvgIpc) is 2.80. The Labute approximate surface area is 172 Å². The molecular formula is C29H22. The zero-order valence-corrected chi connectivity index (χ0v) is 16.5. The van der Waals surface area contributed by atoms with Crippen LogP contribution in [0.15, 0.2) is 115 Å². The van der Waals surface area contributed by atoms with Crippen molar-refractivity contribution in [3.8, 4) is 33.4 Å². The fourth-order valence-electron chi connectivity index (χ4n) is 4.08. The van der Waals surface area contributed by atoms with Gasteiger partial charge in [-0.2, -0.15) is 0 Å². The molecule has 138 valence electrons. The van der Waals surface area contributed by atoms with E-state index in [1.54, 1.807) is 0 Å². The van der Waals surface area contributed by atoms with Crippen molar-refractivity contribution < 1.29 is 0 Å². The molecule has 0 amide bonds. The second-order valence-electron chi connectivity index (χ2n) is 7.51. The summed E-state index contributed by atoms with van der Waals surface area (Å²) in [4.78, 5) is 0. The first-order valence-corrected chi connectivity index (χ1v) is 10.0. The minimum absolute atomic E-state index is 1.24. The molecule has 0 atom stereocenters. The summed E-state index contributed by atoms with van der Waals surface area (Å²) in [6, 6.07) is 41.4. The van der Waals surface area contributed by atoms with Crippen molar-refractivity contribution in [2.45, 2.75) is 6.92 Å². The predicted molar refractivity (Wildman–Crippen MR) is 125 cm³/mol. The van der Waals surface area contributed by atoms with Gasteiger partial charge in [0.15, 0.2) is 0 Å². The summed E-state index contributed by atoms with van der Waals surface area (Å²) < 4.78 is 0. The van der Waals surface area contributed by atoms with Crippen LogP contribution in [0.25, 0.3) is 44.2 Å². The van der Waals surface area contributed by atoms with Crippen LogP contribution in [0.5, 0.6) is 0 Å². The van der Waals surface area contributed by atoms with E-state index in [0.717, 1.165) is 0 Å². The van der Waals surface area contributed by atoms with Gasteiger partial charge in [-0.3, -0.25) is 0 Å². The molecule has 5 aromatic rings. The quantitative estimate of drug-likeness (QED) is 0.300. The van der Waals surface area contributed by atoms with E-state index in [9.17, 15) is 0 Å². The van der Waals surface area contributed by atoms with E-state index in [4.69, 9.17) is 0 Å². The lowest BCUT2D eigenvalue weighted by molar-refractivity contribution is 1.52. The molecule has 0 N–H and O–H groups in total. The Hall–Kier alpha value is -3.64. The molecule has 0 spiro atoms. The Kier molecular flexibility index (Phi) is 4.46. The summed E-state index contributed by atoms with van der Waals surface area (Å²) in [6.45, 7) is 2.18. The molecule has 0 aromatic heterocycles. The predicted octanol–water partition coefficient (Wildman–Crippen LogP) is 8.15. The second-order valence-corrected chi connectivity index (χ2v) is 7.51. The molecule has 0 fully saturated rings. The molecule has 29 heavy (non-hydrogen) atoms. The Balaban J connectivity index is 1.79. The summed E-state index contributed by atoms with van der Waals surface area (Å²) in [6.07, 6.45) is 0. The Morgan fingerprint density at radius 3 is 1.45 bits per heavy atom. The van der Waals surface area contributed by atoms with Crippen molar-refractivity contribution in [1.29, 1.82) is 0 Å². The van der Waals surface area contributed by atoms with Gasteiger partial charge in [0.1, 0.15) is 0 Å². The third-order valence-corrected chi connectivity index (χ3v) is 5.60. The lowest BCUT2D eigenvalue weighted by Gasteiger charge is -2.14. The highest BCUT2D eigenvalue weighted by Gasteiger charge is 2.10. The molecule has 0 heterocycles. The molecule has 0 saturated heterocycles. The van der Waals surface area contributed by atoms with E-state index in [-0.39, 0.29) is 0 Å². The number of aryl methyl sites for hydroxylation is 1. The minimum Gasteiger partial charge on any atom is -0.0622 e. The van der Waals surface area contributed by atoms with Crippen molar-refractivity contribution >= 4 is 10.8 Å². The van der Waals surface area contributed by atoms with Gasteiger partial charge in [0.05, 0.1) is 0 Å². The lowest BCUT2D eigenvalue weighted by atomic mass is 9.90. The van der Waals surface area contributed by atoms with Crippen LogP contribution in [-0.4, -0.2) is 0 Å². The van der Waals surface area contributed by atoms with Crippen molar-refractivity contribution in [3.63, 3.8) is 0 Å². The van der Waals surface area contributed by atoms with Crippen molar-refractivity contribution in [1.82, 2.24) is 0 Å². The molecule has 0 nitrogen and oxygen atoms in total. The highest BCUT2D eigenvalue weighted by atomic mass is 14.1. The van der Waals surface area contributed by atoms with E-state index in [1.807, 2.05) is 0 Å².